The number of rotatable bonds is 7. The number of nitrogens with zero attached hydrogens (tertiary/aromatic N) is 4. The molecular formula is C23H26N6O3S. The molecule has 0 saturated carbocycles. The first-order valence-electron chi connectivity index (χ1n) is 10.8. The van der Waals surface area contributed by atoms with Crippen molar-refractivity contribution in [1.29, 1.82) is 0 Å². The van der Waals surface area contributed by atoms with E-state index in [0.717, 1.165) is 37.6 Å². The fourth-order valence-electron chi connectivity index (χ4n) is 3.66. The Morgan fingerprint density at radius 3 is 2.48 bits per heavy atom. The summed E-state index contributed by atoms with van der Waals surface area (Å²) in [6, 6.07) is 16.0. The van der Waals surface area contributed by atoms with Crippen LogP contribution in [0.3, 0.4) is 0 Å². The van der Waals surface area contributed by atoms with Crippen molar-refractivity contribution in [2.75, 3.05) is 36.2 Å². The summed E-state index contributed by atoms with van der Waals surface area (Å²) in [4.78, 5) is 26.7. The molecule has 9 nitrogen and oxygen atoms in total. The first kappa shape index (κ1) is 22.7. The Hall–Kier alpha value is -3.53. The number of carbonyl (C=O) groups excluding carboxylic acids is 2. The van der Waals surface area contributed by atoms with E-state index in [9.17, 15) is 9.59 Å². The molecule has 2 heterocycles. The molecule has 1 aliphatic heterocycles. The third-order valence-corrected chi connectivity index (χ3v) is 6.13. The standard InChI is InChI=1S/C23H26N6O3S/c1-32-19-13-7-6-12-18(19)29-22(28-14-8-3-9-15-28)26-27-23(29)33-16-20(30)25-21(31)24-17-10-4-2-5-11-17/h2,4-7,10-13H,3,8-9,14-16H2,1H3,(H2,24,25,30,31). The zero-order chi connectivity index (χ0) is 23.0. The molecule has 0 unspecified atom stereocenters. The molecule has 4 rings (SSSR count). The van der Waals surface area contributed by atoms with Crippen molar-refractivity contribution in [2.45, 2.75) is 24.4 Å². The van der Waals surface area contributed by atoms with E-state index in [2.05, 4.69) is 25.7 Å². The Balaban J connectivity index is 1.49. The predicted octanol–water partition coefficient (Wildman–Crippen LogP) is 3.71. The Morgan fingerprint density at radius 2 is 1.73 bits per heavy atom. The number of thioether (sulfide) groups is 1. The number of imide groups is 1. The molecule has 2 aromatic carbocycles. The Morgan fingerprint density at radius 1 is 1.00 bits per heavy atom. The van der Waals surface area contributed by atoms with Gasteiger partial charge in [-0.25, -0.2) is 4.79 Å². The van der Waals surface area contributed by atoms with Crippen molar-refractivity contribution in [3.63, 3.8) is 0 Å². The first-order chi connectivity index (χ1) is 16.2. The number of aromatic nitrogens is 3. The van der Waals surface area contributed by atoms with Gasteiger partial charge in [0, 0.05) is 18.8 Å². The molecule has 33 heavy (non-hydrogen) atoms. The summed E-state index contributed by atoms with van der Waals surface area (Å²) >= 11 is 1.22. The monoisotopic (exact) mass is 466 g/mol. The second-order valence-electron chi connectivity index (χ2n) is 7.49. The molecule has 3 amide bonds. The minimum atomic E-state index is -0.577. The summed E-state index contributed by atoms with van der Waals surface area (Å²) in [6.07, 6.45) is 3.40. The largest absolute Gasteiger partial charge is 0.495 e. The van der Waals surface area contributed by atoms with Gasteiger partial charge >= 0.3 is 6.03 Å². The van der Waals surface area contributed by atoms with Crippen molar-refractivity contribution in [1.82, 2.24) is 20.1 Å². The van der Waals surface area contributed by atoms with Gasteiger partial charge in [0.1, 0.15) is 5.75 Å². The fraction of sp³-hybridized carbons (Fsp3) is 0.304. The molecule has 0 atom stereocenters. The Kier molecular flexibility index (Phi) is 7.46. The lowest BCUT2D eigenvalue weighted by atomic mass is 10.1. The number of urea groups is 1. The van der Waals surface area contributed by atoms with Crippen molar-refractivity contribution in [2.24, 2.45) is 0 Å². The average Bonchev–Trinajstić information content (AvgIpc) is 3.27. The average molecular weight is 467 g/mol. The lowest BCUT2D eigenvalue weighted by Gasteiger charge is -2.28. The van der Waals surface area contributed by atoms with E-state index in [-0.39, 0.29) is 5.75 Å². The molecule has 1 fully saturated rings. The van der Waals surface area contributed by atoms with Crippen LogP contribution in [-0.2, 0) is 4.79 Å². The van der Waals surface area contributed by atoms with Gasteiger partial charge in [0.25, 0.3) is 0 Å². The quantitative estimate of drug-likeness (QED) is 0.512. The molecule has 3 aromatic rings. The van der Waals surface area contributed by atoms with Crippen LogP contribution >= 0.6 is 11.8 Å². The maximum absolute atomic E-state index is 12.4. The smallest absolute Gasteiger partial charge is 0.325 e. The number of hydrogen-bond donors (Lipinski definition) is 2. The molecule has 0 aliphatic carbocycles. The van der Waals surface area contributed by atoms with Crippen LogP contribution in [0, 0.1) is 0 Å². The molecular weight excluding hydrogens is 440 g/mol. The highest BCUT2D eigenvalue weighted by atomic mass is 32.2. The number of methoxy groups -OCH3 is 1. The van der Waals surface area contributed by atoms with Gasteiger partial charge in [0.15, 0.2) is 5.16 Å². The number of ether oxygens (including phenoxy) is 1. The topological polar surface area (TPSA) is 101 Å². The van der Waals surface area contributed by atoms with Gasteiger partial charge in [-0.3, -0.25) is 14.7 Å². The van der Waals surface area contributed by atoms with Gasteiger partial charge in [-0.15, -0.1) is 10.2 Å². The minimum Gasteiger partial charge on any atom is -0.495 e. The van der Waals surface area contributed by atoms with E-state index in [1.807, 2.05) is 34.9 Å². The predicted molar refractivity (Wildman–Crippen MR) is 128 cm³/mol. The van der Waals surface area contributed by atoms with Crippen LogP contribution in [0.15, 0.2) is 59.8 Å². The van der Waals surface area contributed by atoms with E-state index in [1.165, 1.54) is 18.2 Å². The van der Waals surface area contributed by atoms with Gasteiger partial charge in [-0.05, 0) is 43.5 Å². The van der Waals surface area contributed by atoms with Crippen molar-refractivity contribution >= 4 is 35.3 Å². The minimum absolute atomic E-state index is 0.00942. The van der Waals surface area contributed by atoms with Crippen LogP contribution in [-0.4, -0.2) is 52.7 Å². The normalized spacial score (nSPS) is 13.4. The van der Waals surface area contributed by atoms with Gasteiger partial charge in [0.2, 0.25) is 11.9 Å². The molecule has 1 aromatic heterocycles. The summed E-state index contributed by atoms with van der Waals surface area (Å²) in [5.41, 5.74) is 1.41. The Labute approximate surface area is 196 Å². The maximum atomic E-state index is 12.4. The number of nitrogens with one attached hydrogen (secondary N) is 2. The number of carbonyl (C=O) groups is 2. The summed E-state index contributed by atoms with van der Waals surface area (Å²) in [5, 5.41) is 14.3. The zero-order valence-electron chi connectivity index (χ0n) is 18.4. The summed E-state index contributed by atoms with van der Waals surface area (Å²) in [7, 11) is 1.62. The lowest BCUT2D eigenvalue weighted by Crippen LogP contribution is -2.35. The van der Waals surface area contributed by atoms with Crippen molar-refractivity contribution in [3.05, 3.63) is 54.6 Å². The lowest BCUT2D eigenvalue weighted by molar-refractivity contribution is -0.117. The number of piperidine rings is 1. The van der Waals surface area contributed by atoms with Crippen LogP contribution < -0.4 is 20.3 Å². The molecule has 0 bridgehead atoms. The van der Waals surface area contributed by atoms with Crippen LogP contribution in [0.5, 0.6) is 5.75 Å². The van der Waals surface area contributed by atoms with Gasteiger partial charge in [-0.2, -0.15) is 0 Å². The molecule has 2 N–H and O–H groups in total. The highest BCUT2D eigenvalue weighted by Gasteiger charge is 2.24. The Bertz CT molecular complexity index is 1100. The van der Waals surface area contributed by atoms with Gasteiger partial charge in [-0.1, -0.05) is 42.1 Å². The third-order valence-electron chi connectivity index (χ3n) is 5.20. The SMILES string of the molecule is COc1ccccc1-n1c(SCC(=O)NC(=O)Nc2ccccc2)nnc1N1CCCCC1. The van der Waals surface area contributed by atoms with Crippen LogP contribution in [0.4, 0.5) is 16.4 Å². The molecule has 1 aliphatic rings. The molecule has 0 spiro atoms. The third kappa shape index (κ3) is 5.64. The number of anilines is 2. The van der Waals surface area contributed by atoms with Crippen molar-refractivity contribution in [3.8, 4) is 11.4 Å². The van der Waals surface area contributed by atoms with Crippen molar-refractivity contribution < 1.29 is 14.3 Å². The number of amides is 3. The van der Waals surface area contributed by atoms with Crippen LogP contribution in [0.1, 0.15) is 19.3 Å². The van der Waals surface area contributed by atoms with E-state index in [1.54, 1.807) is 31.4 Å². The number of benzene rings is 2. The molecule has 10 heteroatoms. The van der Waals surface area contributed by atoms with Gasteiger partial charge in [0.05, 0.1) is 18.6 Å². The number of hydrogen-bond acceptors (Lipinski definition) is 7. The molecule has 172 valence electrons. The zero-order valence-corrected chi connectivity index (χ0v) is 19.2. The van der Waals surface area contributed by atoms with E-state index in [0.29, 0.717) is 16.6 Å². The van der Waals surface area contributed by atoms with E-state index < -0.39 is 11.9 Å². The second kappa shape index (κ2) is 10.9. The van der Waals surface area contributed by atoms with E-state index in [4.69, 9.17) is 4.74 Å². The van der Waals surface area contributed by atoms with Crippen LogP contribution in [0.25, 0.3) is 5.69 Å². The maximum Gasteiger partial charge on any atom is 0.325 e. The fourth-order valence-corrected chi connectivity index (χ4v) is 4.40. The van der Waals surface area contributed by atoms with E-state index >= 15 is 0 Å². The van der Waals surface area contributed by atoms with Crippen LogP contribution in [0.2, 0.25) is 0 Å². The van der Waals surface area contributed by atoms with Gasteiger partial charge < -0.3 is 15.0 Å². The molecule has 1 saturated heterocycles. The second-order valence-corrected chi connectivity index (χ2v) is 8.44. The summed E-state index contributed by atoms with van der Waals surface area (Å²) in [5.74, 6) is 0.991. The summed E-state index contributed by atoms with van der Waals surface area (Å²) in [6.45, 7) is 1.80. The summed E-state index contributed by atoms with van der Waals surface area (Å²) < 4.78 is 7.49. The highest BCUT2D eigenvalue weighted by Crippen LogP contribution is 2.32. The first-order valence-corrected chi connectivity index (χ1v) is 11.8. The highest BCUT2D eigenvalue weighted by molar-refractivity contribution is 7.99. The number of para-hydroxylation sites is 3. The molecule has 0 radical (unpaired) electrons.